The first-order valence-corrected chi connectivity index (χ1v) is 11.4. The van der Waals surface area contributed by atoms with Crippen molar-refractivity contribution in [3.8, 4) is 11.5 Å². The molecule has 2 amide bonds. The Morgan fingerprint density at radius 1 is 0.889 bits per heavy atom. The molecule has 0 spiro atoms. The lowest BCUT2D eigenvalue weighted by Gasteiger charge is -2.07. The first-order chi connectivity index (χ1) is 17.4. The van der Waals surface area contributed by atoms with E-state index in [1.54, 1.807) is 48.5 Å². The van der Waals surface area contributed by atoms with E-state index in [9.17, 15) is 18.8 Å². The fraction of sp³-hybridized carbons (Fsp3) is 0.185. The van der Waals surface area contributed by atoms with Crippen molar-refractivity contribution in [2.75, 3.05) is 13.2 Å². The van der Waals surface area contributed by atoms with Gasteiger partial charge in [-0.05, 0) is 84.8 Å². The van der Waals surface area contributed by atoms with Crippen LogP contribution in [-0.2, 0) is 4.79 Å². The summed E-state index contributed by atoms with van der Waals surface area (Å²) < 4.78 is 23.9. The maximum Gasteiger partial charge on any atom is 0.343 e. The molecule has 0 fully saturated rings. The molecule has 0 aliphatic rings. The highest BCUT2D eigenvalue weighted by atomic mass is 19.1. The van der Waals surface area contributed by atoms with Gasteiger partial charge in [0.2, 0.25) is 0 Å². The second kappa shape index (κ2) is 13.4. The summed E-state index contributed by atoms with van der Waals surface area (Å²) in [7, 11) is 0. The molecular weight excluding hydrogens is 465 g/mol. The molecular formula is C27H26FN3O5. The highest BCUT2D eigenvalue weighted by Crippen LogP contribution is 2.16. The van der Waals surface area contributed by atoms with Crippen molar-refractivity contribution in [3.05, 3.63) is 95.3 Å². The third kappa shape index (κ3) is 8.35. The molecule has 3 rings (SSSR count). The Kier molecular flexibility index (Phi) is 9.69. The van der Waals surface area contributed by atoms with Gasteiger partial charge in [-0.1, -0.05) is 13.3 Å². The van der Waals surface area contributed by atoms with E-state index in [1.807, 2.05) is 0 Å². The van der Waals surface area contributed by atoms with E-state index < -0.39 is 23.6 Å². The molecule has 0 heterocycles. The standard InChI is InChI=1S/C27H26FN3O5/c1-2-3-16-35-23-14-8-21(9-15-23)27(34)36-24-12-4-19(5-13-24)17-30-31-25(32)18-29-26(33)20-6-10-22(28)11-7-20/h4-15,17H,2-3,16,18H2,1H3,(H,29,33)(H,31,32). The predicted molar refractivity (Wildman–Crippen MR) is 133 cm³/mol. The monoisotopic (exact) mass is 491 g/mol. The minimum Gasteiger partial charge on any atom is -0.494 e. The zero-order chi connectivity index (χ0) is 25.8. The Morgan fingerprint density at radius 3 is 2.19 bits per heavy atom. The van der Waals surface area contributed by atoms with Gasteiger partial charge in [-0.2, -0.15) is 5.10 Å². The Balaban J connectivity index is 1.42. The van der Waals surface area contributed by atoms with Crippen molar-refractivity contribution in [1.82, 2.24) is 10.7 Å². The summed E-state index contributed by atoms with van der Waals surface area (Å²) in [5.74, 6) is -0.932. The number of nitrogens with one attached hydrogen (secondary N) is 2. The van der Waals surface area contributed by atoms with Crippen LogP contribution in [0, 0.1) is 5.82 Å². The lowest BCUT2D eigenvalue weighted by atomic mass is 10.2. The zero-order valence-electron chi connectivity index (χ0n) is 19.7. The topological polar surface area (TPSA) is 106 Å². The number of halogens is 1. The zero-order valence-corrected chi connectivity index (χ0v) is 19.7. The van der Waals surface area contributed by atoms with Gasteiger partial charge in [0.25, 0.3) is 11.8 Å². The number of amides is 2. The number of nitrogens with zero attached hydrogens (tertiary/aromatic N) is 1. The van der Waals surface area contributed by atoms with Crippen LogP contribution in [0.5, 0.6) is 11.5 Å². The van der Waals surface area contributed by atoms with E-state index in [2.05, 4.69) is 22.8 Å². The smallest absolute Gasteiger partial charge is 0.343 e. The van der Waals surface area contributed by atoms with Crippen LogP contribution in [0.25, 0.3) is 0 Å². The quantitative estimate of drug-likeness (QED) is 0.138. The van der Waals surface area contributed by atoms with Gasteiger partial charge in [0.05, 0.1) is 24.9 Å². The van der Waals surface area contributed by atoms with Gasteiger partial charge >= 0.3 is 5.97 Å². The van der Waals surface area contributed by atoms with Crippen LogP contribution in [-0.4, -0.2) is 37.1 Å². The summed E-state index contributed by atoms with van der Waals surface area (Å²) in [6.07, 6.45) is 3.42. The maximum atomic E-state index is 12.9. The van der Waals surface area contributed by atoms with Gasteiger partial charge in [-0.3, -0.25) is 9.59 Å². The molecule has 0 saturated heterocycles. The molecule has 0 atom stereocenters. The molecule has 3 aromatic rings. The number of carbonyl (C=O) groups excluding carboxylic acids is 3. The highest BCUT2D eigenvalue weighted by molar-refractivity contribution is 5.96. The number of carbonyl (C=O) groups is 3. The Labute approximate surface area is 208 Å². The molecule has 0 radical (unpaired) electrons. The van der Waals surface area contributed by atoms with Crippen LogP contribution < -0.4 is 20.2 Å². The Morgan fingerprint density at radius 2 is 1.53 bits per heavy atom. The van der Waals surface area contributed by atoms with E-state index in [4.69, 9.17) is 9.47 Å². The molecule has 0 unspecified atom stereocenters. The largest absolute Gasteiger partial charge is 0.494 e. The average molecular weight is 492 g/mol. The highest BCUT2D eigenvalue weighted by Gasteiger charge is 2.09. The van der Waals surface area contributed by atoms with Gasteiger partial charge < -0.3 is 14.8 Å². The summed E-state index contributed by atoms with van der Waals surface area (Å²) in [6, 6.07) is 18.3. The molecule has 0 aliphatic heterocycles. The summed E-state index contributed by atoms with van der Waals surface area (Å²) >= 11 is 0. The van der Waals surface area contributed by atoms with Crippen molar-refractivity contribution in [2.24, 2.45) is 5.10 Å². The molecule has 0 aliphatic carbocycles. The van der Waals surface area contributed by atoms with Gasteiger partial charge in [0.1, 0.15) is 17.3 Å². The first-order valence-electron chi connectivity index (χ1n) is 11.4. The van der Waals surface area contributed by atoms with Crippen LogP contribution >= 0.6 is 0 Å². The average Bonchev–Trinajstić information content (AvgIpc) is 2.89. The van der Waals surface area contributed by atoms with E-state index in [1.165, 1.54) is 18.3 Å². The lowest BCUT2D eigenvalue weighted by Crippen LogP contribution is -2.34. The number of unbranched alkanes of at least 4 members (excludes halogenated alkanes) is 1. The van der Waals surface area contributed by atoms with E-state index in [0.717, 1.165) is 25.0 Å². The third-order valence-corrected chi connectivity index (χ3v) is 4.87. The van der Waals surface area contributed by atoms with Crippen LogP contribution in [0.2, 0.25) is 0 Å². The summed E-state index contributed by atoms with van der Waals surface area (Å²) in [6.45, 7) is 2.42. The number of hydrogen-bond donors (Lipinski definition) is 2. The lowest BCUT2D eigenvalue weighted by molar-refractivity contribution is -0.120. The van der Waals surface area contributed by atoms with Crippen LogP contribution in [0.3, 0.4) is 0 Å². The second-order valence-electron chi connectivity index (χ2n) is 7.67. The van der Waals surface area contributed by atoms with Gasteiger partial charge in [0, 0.05) is 5.56 Å². The molecule has 0 saturated carbocycles. The minimum atomic E-state index is -0.533. The van der Waals surface area contributed by atoms with Crippen LogP contribution in [0.15, 0.2) is 77.9 Å². The van der Waals surface area contributed by atoms with Crippen molar-refractivity contribution < 1.29 is 28.2 Å². The maximum absolute atomic E-state index is 12.9. The predicted octanol–water partition coefficient (Wildman–Crippen LogP) is 4.10. The molecule has 36 heavy (non-hydrogen) atoms. The minimum absolute atomic E-state index is 0.238. The van der Waals surface area contributed by atoms with Crippen LogP contribution in [0.4, 0.5) is 4.39 Å². The van der Waals surface area contributed by atoms with E-state index >= 15 is 0 Å². The number of esters is 1. The molecule has 8 nitrogen and oxygen atoms in total. The molecule has 0 aromatic heterocycles. The number of hydrazone groups is 1. The SMILES string of the molecule is CCCCOc1ccc(C(=O)Oc2ccc(C=NNC(=O)CNC(=O)c3ccc(F)cc3)cc2)cc1. The van der Waals surface area contributed by atoms with Gasteiger partial charge in [0.15, 0.2) is 0 Å². The van der Waals surface area contributed by atoms with Crippen molar-refractivity contribution in [3.63, 3.8) is 0 Å². The first kappa shape index (κ1) is 26.1. The van der Waals surface area contributed by atoms with Crippen LogP contribution in [0.1, 0.15) is 46.0 Å². The molecule has 0 bridgehead atoms. The number of ether oxygens (including phenoxy) is 2. The van der Waals surface area contributed by atoms with Gasteiger partial charge in [-0.15, -0.1) is 0 Å². The molecule has 3 aromatic carbocycles. The summed E-state index contributed by atoms with van der Waals surface area (Å²) in [4.78, 5) is 36.1. The molecule has 186 valence electrons. The van der Waals surface area contributed by atoms with Crippen molar-refractivity contribution >= 4 is 24.0 Å². The third-order valence-electron chi connectivity index (χ3n) is 4.87. The summed E-state index contributed by atoms with van der Waals surface area (Å²) in [5.41, 5.74) is 3.59. The second-order valence-corrected chi connectivity index (χ2v) is 7.67. The molecule has 2 N–H and O–H groups in total. The fourth-order valence-corrected chi connectivity index (χ4v) is 2.89. The number of hydrogen-bond acceptors (Lipinski definition) is 6. The Bertz CT molecular complexity index is 1190. The van der Waals surface area contributed by atoms with E-state index in [0.29, 0.717) is 29.2 Å². The van der Waals surface area contributed by atoms with Crippen molar-refractivity contribution in [1.29, 1.82) is 0 Å². The van der Waals surface area contributed by atoms with Crippen molar-refractivity contribution in [2.45, 2.75) is 19.8 Å². The Hall–Kier alpha value is -4.53. The number of benzene rings is 3. The van der Waals surface area contributed by atoms with E-state index in [-0.39, 0.29) is 12.1 Å². The number of rotatable bonds is 11. The molecule has 9 heteroatoms. The fourth-order valence-electron chi connectivity index (χ4n) is 2.89. The normalized spacial score (nSPS) is 10.6. The van der Waals surface area contributed by atoms with Gasteiger partial charge in [-0.25, -0.2) is 14.6 Å². The summed E-state index contributed by atoms with van der Waals surface area (Å²) in [5, 5.41) is 6.25.